The standard InChI is InChI=1S/C18H12N6O2S/c1-2-4-13(5-3-1)24-16-14(8-21-24)18(20-11-19-16)27-10-15-22-17(26-23-15)12-6-7-25-9-12/h1-9,11H,10H2. The normalized spacial score (nSPS) is 11.3. The first kappa shape index (κ1) is 15.8. The third-order valence-electron chi connectivity index (χ3n) is 3.90. The molecule has 4 aromatic heterocycles. The Kier molecular flexibility index (Phi) is 3.91. The van der Waals surface area contributed by atoms with E-state index < -0.39 is 0 Å². The third-order valence-corrected chi connectivity index (χ3v) is 4.91. The van der Waals surface area contributed by atoms with Crippen LogP contribution in [0.15, 0.2) is 75.4 Å². The maximum absolute atomic E-state index is 5.26. The van der Waals surface area contributed by atoms with Crippen molar-refractivity contribution < 1.29 is 8.94 Å². The van der Waals surface area contributed by atoms with Gasteiger partial charge in [-0.15, -0.1) is 0 Å². The minimum atomic E-state index is 0.434. The summed E-state index contributed by atoms with van der Waals surface area (Å²) < 4.78 is 12.1. The smallest absolute Gasteiger partial charge is 0.261 e. The Bertz CT molecular complexity index is 1180. The van der Waals surface area contributed by atoms with Gasteiger partial charge in [0.2, 0.25) is 0 Å². The Morgan fingerprint density at radius 3 is 2.85 bits per heavy atom. The van der Waals surface area contributed by atoms with Crippen molar-refractivity contribution in [3.63, 3.8) is 0 Å². The van der Waals surface area contributed by atoms with Crippen molar-refractivity contribution in [1.82, 2.24) is 29.9 Å². The van der Waals surface area contributed by atoms with Crippen LogP contribution < -0.4 is 0 Å². The molecule has 1 aromatic carbocycles. The van der Waals surface area contributed by atoms with Gasteiger partial charge in [-0.2, -0.15) is 10.1 Å². The number of rotatable bonds is 5. The summed E-state index contributed by atoms with van der Waals surface area (Å²) in [6.45, 7) is 0. The van der Waals surface area contributed by atoms with Crippen LogP contribution in [-0.2, 0) is 5.75 Å². The molecule has 5 aromatic rings. The molecule has 0 aliphatic rings. The predicted octanol–water partition coefficient (Wildman–Crippen LogP) is 3.75. The number of hydrogen-bond donors (Lipinski definition) is 0. The molecule has 9 heteroatoms. The average Bonchev–Trinajstić information content (AvgIpc) is 3.47. The zero-order valence-electron chi connectivity index (χ0n) is 13.9. The van der Waals surface area contributed by atoms with Gasteiger partial charge in [0.25, 0.3) is 5.89 Å². The van der Waals surface area contributed by atoms with Crippen LogP contribution in [0.5, 0.6) is 0 Å². The molecule has 0 atom stereocenters. The molecule has 0 radical (unpaired) electrons. The Balaban J connectivity index is 1.40. The van der Waals surface area contributed by atoms with Gasteiger partial charge in [-0.25, -0.2) is 14.6 Å². The Hall–Kier alpha value is -3.46. The van der Waals surface area contributed by atoms with Crippen LogP contribution in [0.3, 0.4) is 0 Å². The minimum Gasteiger partial charge on any atom is -0.472 e. The van der Waals surface area contributed by atoms with Crippen LogP contribution in [0.4, 0.5) is 0 Å². The van der Waals surface area contributed by atoms with Crippen molar-refractivity contribution in [2.75, 3.05) is 0 Å². The van der Waals surface area contributed by atoms with E-state index >= 15 is 0 Å². The van der Waals surface area contributed by atoms with E-state index in [9.17, 15) is 0 Å². The second-order valence-corrected chi connectivity index (χ2v) is 6.59. The fourth-order valence-electron chi connectivity index (χ4n) is 2.64. The summed E-state index contributed by atoms with van der Waals surface area (Å²) in [6.07, 6.45) is 6.45. The fraction of sp³-hybridized carbons (Fsp3) is 0.0556. The third kappa shape index (κ3) is 2.97. The molecule has 0 saturated carbocycles. The fourth-order valence-corrected chi connectivity index (χ4v) is 3.45. The van der Waals surface area contributed by atoms with Crippen molar-refractivity contribution >= 4 is 22.8 Å². The first-order valence-electron chi connectivity index (χ1n) is 8.10. The quantitative estimate of drug-likeness (QED) is 0.338. The molecule has 8 nitrogen and oxygen atoms in total. The van der Waals surface area contributed by atoms with E-state index in [0.717, 1.165) is 27.3 Å². The number of nitrogens with zero attached hydrogens (tertiary/aromatic N) is 6. The molecule has 0 saturated heterocycles. The average molecular weight is 376 g/mol. The van der Waals surface area contributed by atoms with E-state index in [-0.39, 0.29) is 0 Å². The predicted molar refractivity (Wildman–Crippen MR) is 98.2 cm³/mol. The zero-order valence-corrected chi connectivity index (χ0v) is 14.7. The molecule has 27 heavy (non-hydrogen) atoms. The van der Waals surface area contributed by atoms with Crippen molar-refractivity contribution in [3.05, 3.63) is 67.3 Å². The lowest BCUT2D eigenvalue weighted by Crippen LogP contribution is -1.97. The number of para-hydroxylation sites is 1. The molecule has 0 aliphatic carbocycles. The second-order valence-electron chi connectivity index (χ2n) is 5.62. The van der Waals surface area contributed by atoms with E-state index in [4.69, 9.17) is 8.94 Å². The first-order valence-corrected chi connectivity index (χ1v) is 9.09. The Morgan fingerprint density at radius 2 is 2.00 bits per heavy atom. The van der Waals surface area contributed by atoms with E-state index in [0.29, 0.717) is 17.5 Å². The van der Waals surface area contributed by atoms with Gasteiger partial charge in [0.05, 0.1) is 34.8 Å². The molecule has 132 valence electrons. The van der Waals surface area contributed by atoms with Gasteiger partial charge in [-0.1, -0.05) is 35.1 Å². The molecule has 0 N–H and O–H groups in total. The Morgan fingerprint density at radius 1 is 1.07 bits per heavy atom. The van der Waals surface area contributed by atoms with Crippen molar-refractivity contribution in [3.8, 4) is 17.1 Å². The maximum atomic E-state index is 5.26. The monoisotopic (exact) mass is 376 g/mol. The molecule has 4 heterocycles. The summed E-state index contributed by atoms with van der Waals surface area (Å²) in [7, 11) is 0. The highest BCUT2D eigenvalue weighted by molar-refractivity contribution is 7.98. The highest BCUT2D eigenvalue weighted by atomic mass is 32.2. The van der Waals surface area contributed by atoms with Gasteiger partial charge in [-0.05, 0) is 18.2 Å². The molecule has 0 spiro atoms. The van der Waals surface area contributed by atoms with Gasteiger partial charge >= 0.3 is 0 Å². The highest BCUT2D eigenvalue weighted by Crippen LogP contribution is 2.28. The molecule has 0 aliphatic heterocycles. The van der Waals surface area contributed by atoms with Gasteiger partial charge in [0.15, 0.2) is 11.5 Å². The number of benzene rings is 1. The molecule has 0 amide bonds. The number of hydrogen-bond acceptors (Lipinski definition) is 8. The molecule has 0 fully saturated rings. The minimum absolute atomic E-state index is 0.434. The van der Waals surface area contributed by atoms with Gasteiger partial charge in [0.1, 0.15) is 17.6 Å². The van der Waals surface area contributed by atoms with Crippen LogP contribution >= 0.6 is 11.8 Å². The molecule has 0 bridgehead atoms. The highest BCUT2D eigenvalue weighted by Gasteiger charge is 2.14. The lowest BCUT2D eigenvalue weighted by Gasteiger charge is -2.03. The van der Waals surface area contributed by atoms with Crippen molar-refractivity contribution in [2.45, 2.75) is 10.8 Å². The lowest BCUT2D eigenvalue weighted by molar-refractivity contribution is 0.424. The molecular formula is C18H12N6O2S. The largest absolute Gasteiger partial charge is 0.472 e. The summed E-state index contributed by atoms with van der Waals surface area (Å²) >= 11 is 1.51. The van der Waals surface area contributed by atoms with E-state index in [1.54, 1.807) is 35.8 Å². The lowest BCUT2D eigenvalue weighted by atomic mass is 10.3. The van der Waals surface area contributed by atoms with Crippen molar-refractivity contribution in [2.24, 2.45) is 0 Å². The summed E-state index contributed by atoms with van der Waals surface area (Å²) in [5.74, 6) is 1.53. The zero-order chi connectivity index (χ0) is 18.1. The SMILES string of the molecule is c1ccc(-n2ncc3c(SCc4noc(-c5ccoc5)n4)ncnc32)cc1. The summed E-state index contributed by atoms with van der Waals surface area (Å²) in [6, 6.07) is 11.6. The molecule has 0 unspecified atom stereocenters. The molecule has 5 rings (SSSR count). The van der Waals surface area contributed by atoms with Crippen molar-refractivity contribution in [1.29, 1.82) is 0 Å². The van der Waals surface area contributed by atoms with Crippen LogP contribution in [0.1, 0.15) is 5.82 Å². The summed E-state index contributed by atoms with van der Waals surface area (Å²) in [5, 5.41) is 10.2. The number of thioether (sulfide) groups is 1. The number of aromatic nitrogens is 6. The van der Waals surface area contributed by atoms with Crippen LogP contribution in [-0.4, -0.2) is 29.9 Å². The van der Waals surface area contributed by atoms with Crippen LogP contribution in [0, 0.1) is 0 Å². The number of furan rings is 1. The molecular weight excluding hydrogens is 364 g/mol. The van der Waals surface area contributed by atoms with Crippen LogP contribution in [0.25, 0.3) is 28.2 Å². The van der Waals surface area contributed by atoms with E-state index in [1.807, 2.05) is 30.3 Å². The summed E-state index contributed by atoms with van der Waals surface area (Å²) in [4.78, 5) is 13.1. The number of fused-ring (bicyclic) bond motifs is 1. The maximum Gasteiger partial charge on any atom is 0.261 e. The van der Waals surface area contributed by atoms with Gasteiger partial charge in [0, 0.05) is 0 Å². The summed E-state index contributed by atoms with van der Waals surface area (Å²) in [5.41, 5.74) is 2.46. The second kappa shape index (κ2) is 6.69. The topological polar surface area (TPSA) is 95.7 Å². The Labute approximate surface area is 157 Å². The van der Waals surface area contributed by atoms with Crippen LogP contribution in [0.2, 0.25) is 0 Å². The van der Waals surface area contributed by atoms with Gasteiger partial charge in [-0.3, -0.25) is 0 Å². The first-order chi connectivity index (χ1) is 13.4. The van der Waals surface area contributed by atoms with E-state index in [2.05, 4.69) is 25.2 Å². The van der Waals surface area contributed by atoms with E-state index in [1.165, 1.54) is 11.8 Å². The van der Waals surface area contributed by atoms with Gasteiger partial charge < -0.3 is 8.94 Å².